The second kappa shape index (κ2) is 5.32. The van der Waals surface area contributed by atoms with Crippen molar-refractivity contribution in [1.82, 2.24) is 5.32 Å². The molecule has 1 aromatic carbocycles. The van der Waals surface area contributed by atoms with Crippen molar-refractivity contribution in [3.63, 3.8) is 0 Å². The molecule has 0 bridgehead atoms. The number of hydrogen-bond acceptors (Lipinski definition) is 2. The van der Waals surface area contributed by atoms with Gasteiger partial charge in [0.15, 0.2) is 6.10 Å². The predicted molar refractivity (Wildman–Crippen MR) is 54.8 cm³/mol. The van der Waals surface area contributed by atoms with E-state index < -0.39 is 18.3 Å². The Morgan fingerprint density at radius 2 is 1.81 bits per heavy atom. The lowest BCUT2D eigenvalue weighted by Crippen LogP contribution is -2.45. The lowest BCUT2D eigenvalue weighted by molar-refractivity contribution is -0.210. The standard InChI is InChI=1S/C11H14F3NO/c1-8(10(16)11(12,13)14)15-7-9-5-3-2-4-6-9/h2-6,8,10,15-16H,7H2,1H3/t8-,10-/m0/s1. The molecule has 2 nitrogen and oxygen atoms in total. The third-order valence-corrected chi connectivity index (χ3v) is 2.28. The molecule has 2 atom stereocenters. The number of halogens is 3. The van der Waals surface area contributed by atoms with Crippen LogP contribution in [0.4, 0.5) is 13.2 Å². The maximum Gasteiger partial charge on any atom is 0.415 e. The second-order valence-electron chi connectivity index (χ2n) is 3.64. The van der Waals surface area contributed by atoms with E-state index in [-0.39, 0.29) is 0 Å². The van der Waals surface area contributed by atoms with Gasteiger partial charge in [0.05, 0.1) is 0 Å². The van der Waals surface area contributed by atoms with E-state index >= 15 is 0 Å². The Bertz CT molecular complexity index is 313. The lowest BCUT2D eigenvalue weighted by atomic mass is 10.1. The maximum atomic E-state index is 12.1. The SMILES string of the molecule is C[C@H](NCc1ccccc1)[C@H](O)C(F)(F)F. The van der Waals surface area contributed by atoms with Crippen LogP contribution in [0.15, 0.2) is 30.3 Å². The summed E-state index contributed by atoms with van der Waals surface area (Å²) in [5, 5.41) is 11.6. The fourth-order valence-electron chi connectivity index (χ4n) is 1.27. The highest BCUT2D eigenvalue weighted by atomic mass is 19.4. The number of aliphatic hydroxyl groups excluding tert-OH is 1. The van der Waals surface area contributed by atoms with Gasteiger partial charge in [0.1, 0.15) is 0 Å². The molecule has 0 heterocycles. The Kier molecular flexibility index (Phi) is 4.32. The van der Waals surface area contributed by atoms with Gasteiger partial charge >= 0.3 is 6.18 Å². The van der Waals surface area contributed by atoms with Crippen molar-refractivity contribution >= 4 is 0 Å². The molecule has 0 aromatic heterocycles. The Hall–Kier alpha value is -1.07. The molecule has 0 fully saturated rings. The van der Waals surface area contributed by atoms with Crippen molar-refractivity contribution in [2.45, 2.75) is 31.8 Å². The molecule has 1 rings (SSSR count). The first-order valence-corrected chi connectivity index (χ1v) is 4.93. The van der Waals surface area contributed by atoms with E-state index in [0.717, 1.165) is 5.56 Å². The van der Waals surface area contributed by atoms with Crippen LogP contribution in [0.5, 0.6) is 0 Å². The summed E-state index contributed by atoms with van der Waals surface area (Å²) < 4.78 is 36.4. The summed E-state index contributed by atoms with van der Waals surface area (Å²) in [5.74, 6) is 0. The molecule has 0 aliphatic rings. The molecule has 0 aliphatic carbocycles. The quantitative estimate of drug-likeness (QED) is 0.834. The average Bonchev–Trinajstić information content (AvgIpc) is 2.25. The summed E-state index contributed by atoms with van der Waals surface area (Å²) in [7, 11) is 0. The van der Waals surface area contributed by atoms with Crippen LogP contribution in [-0.2, 0) is 6.54 Å². The topological polar surface area (TPSA) is 32.3 Å². The number of rotatable bonds is 4. The van der Waals surface area contributed by atoms with Crippen LogP contribution in [0.1, 0.15) is 12.5 Å². The minimum atomic E-state index is -4.58. The molecule has 16 heavy (non-hydrogen) atoms. The molecule has 0 saturated heterocycles. The van der Waals surface area contributed by atoms with Crippen molar-refractivity contribution in [1.29, 1.82) is 0 Å². The molecular weight excluding hydrogens is 219 g/mol. The first-order valence-electron chi connectivity index (χ1n) is 4.93. The number of aliphatic hydroxyl groups is 1. The van der Waals surface area contributed by atoms with E-state index in [4.69, 9.17) is 5.11 Å². The van der Waals surface area contributed by atoms with Crippen molar-refractivity contribution in [2.24, 2.45) is 0 Å². The van der Waals surface area contributed by atoms with E-state index in [1.54, 1.807) is 12.1 Å². The van der Waals surface area contributed by atoms with E-state index in [1.165, 1.54) is 6.92 Å². The molecular formula is C11H14F3NO. The van der Waals surface area contributed by atoms with Crippen molar-refractivity contribution in [2.75, 3.05) is 0 Å². The molecule has 90 valence electrons. The number of benzene rings is 1. The van der Waals surface area contributed by atoms with Gasteiger partial charge in [-0.1, -0.05) is 30.3 Å². The minimum absolute atomic E-state index is 0.301. The van der Waals surface area contributed by atoms with Gasteiger partial charge in [-0.3, -0.25) is 0 Å². The Labute approximate surface area is 92.1 Å². The first kappa shape index (κ1) is 13.0. The van der Waals surface area contributed by atoms with Gasteiger partial charge in [0.2, 0.25) is 0 Å². The summed E-state index contributed by atoms with van der Waals surface area (Å²) in [6.07, 6.45) is -6.92. The highest BCUT2D eigenvalue weighted by molar-refractivity contribution is 5.14. The highest BCUT2D eigenvalue weighted by Gasteiger charge is 2.41. The zero-order chi connectivity index (χ0) is 12.2. The fourth-order valence-corrected chi connectivity index (χ4v) is 1.27. The van der Waals surface area contributed by atoms with E-state index in [9.17, 15) is 13.2 Å². The zero-order valence-corrected chi connectivity index (χ0v) is 8.83. The molecule has 1 aromatic rings. The molecule has 0 amide bonds. The summed E-state index contributed by atoms with van der Waals surface area (Å²) in [6, 6.07) is 8.03. The van der Waals surface area contributed by atoms with Crippen LogP contribution in [0, 0.1) is 0 Å². The predicted octanol–water partition coefficient (Wildman–Crippen LogP) is 2.09. The largest absolute Gasteiger partial charge is 0.415 e. The van der Waals surface area contributed by atoms with Gasteiger partial charge in [-0.25, -0.2) is 0 Å². The highest BCUT2D eigenvalue weighted by Crippen LogP contribution is 2.22. The third kappa shape index (κ3) is 3.83. The van der Waals surface area contributed by atoms with Gasteiger partial charge in [0.25, 0.3) is 0 Å². The number of hydrogen-bond donors (Lipinski definition) is 2. The van der Waals surface area contributed by atoms with Crippen LogP contribution in [0.25, 0.3) is 0 Å². The third-order valence-electron chi connectivity index (χ3n) is 2.28. The molecule has 5 heteroatoms. The van der Waals surface area contributed by atoms with E-state index in [1.807, 2.05) is 18.2 Å². The Balaban J connectivity index is 2.44. The van der Waals surface area contributed by atoms with Crippen molar-refractivity contribution in [3.8, 4) is 0 Å². The van der Waals surface area contributed by atoms with Crippen molar-refractivity contribution in [3.05, 3.63) is 35.9 Å². The van der Waals surface area contributed by atoms with Crippen LogP contribution in [-0.4, -0.2) is 23.4 Å². The summed E-state index contributed by atoms with van der Waals surface area (Å²) in [5.41, 5.74) is 0.878. The number of nitrogens with one attached hydrogen (secondary N) is 1. The lowest BCUT2D eigenvalue weighted by Gasteiger charge is -2.22. The fraction of sp³-hybridized carbons (Fsp3) is 0.455. The zero-order valence-electron chi connectivity index (χ0n) is 8.83. The molecule has 2 N–H and O–H groups in total. The monoisotopic (exact) mass is 233 g/mol. The van der Waals surface area contributed by atoms with E-state index in [2.05, 4.69) is 5.32 Å². The normalized spacial score (nSPS) is 15.8. The van der Waals surface area contributed by atoms with Gasteiger partial charge in [-0.15, -0.1) is 0 Å². The first-order chi connectivity index (χ1) is 7.41. The smallest absolute Gasteiger partial charge is 0.382 e. The van der Waals surface area contributed by atoms with E-state index in [0.29, 0.717) is 6.54 Å². The van der Waals surface area contributed by atoms with Crippen LogP contribution >= 0.6 is 0 Å². The van der Waals surface area contributed by atoms with Crippen LogP contribution in [0.3, 0.4) is 0 Å². The van der Waals surface area contributed by atoms with Gasteiger partial charge in [0, 0.05) is 12.6 Å². The summed E-state index contributed by atoms with van der Waals surface area (Å²) in [4.78, 5) is 0. The average molecular weight is 233 g/mol. The summed E-state index contributed by atoms with van der Waals surface area (Å²) in [6.45, 7) is 1.61. The number of alkyl halides is 3. The van der Waals surface area contributed by atoms with Crippen molar-refractivity contribution < 1.29 is 18.3 Å². The van der Waals surface area contributed by atoms with Crippen LogP contribution in [0.2, 0.25) is 0 Å². The molecule has 0 radical (unpaired) electrons. The van der Waals surface area contributed by atoms with Gasteiger partial charge < -0.3 is 10.4 Å². The van der Waals surface area contributed by atoms with Gasteiger partial charge in [-0.05, 0) is 12.5 Å². The van der Waals surface area contributed by atoms with Crippen LogP contribution < -0.4 is 5.32 Å². The Morgan fingerprint density at radius 3 is 2.31 bits per heavy atom. The second-order valence-corrected chi connectivity index (χ2v) is 3.64. The minimum Gasteiger partial charge on any atom is -0.382 e. The maximum absolute atomic E-state index is 12.1. The Morgan fingerprint density at radius 1 is 1.25 bits per heavy atom. The molecule has 0 unspecified atom stereocenters. The van der Waals surface area contributed by atoms with Gasteiger partial charge in [-0.2, -0.15) is 13.2 Å². The molecule has 0 aliphatic heterocycles. The summed E-state index contributed by atoms with van der Waals surface area (Å²) >= 11 is 0. The molecule has 0 saturated carbocycles. The molecule has 0 spiro atoms.